The molecule has 0 unspecified atom stereocenters. The van der Waals surface area contributed by atoms with Crippen molar-refractivity contribution in [3.8, 4) is 0 Å². The molecule has 1 N–H and O–H groups in total. The van der Waals surface area contributed by atoms with Gasteiger partial charge in [-0.25, -0.2) is 4.79 Å². The maximum Gasteiger partial charge on any atom is 0.508 e. The predicted octanol–water partition coefficient (Wildman–Crippen LogP) is 8.21. The van der Waals surface area contributed by atoms with Crippen molar-refractivity contribution in [3.63, 3.8) is 0 Å². The van der Waals surface area contributed by atoms with Crippen molar-refractivity contribution in [3.05, 3.63) is 70.8 Å². The Labute approximate surface area is 223 Å². The Hall–Kier alpha value is -2.33. The second-order valence-electron chi connectivity index (χ2n) is 11.9. The molecule has 2 saturated carbocycles. The third-order valence-electron chi connectivity index (χ3n) is 8.87. The SMILES string of the molecule is CC(C)OC(=O)O[C@H]1CN[C@@H](C(c2ccc(C3CCCCC3)cc2)c2ccc(C3CCCCC3)cc2)C1. The van der Waals surface area contributed by atoms with Crippen molar-refractivity contribution in [2.24, 2.45) is 0 Å². The third-order valence-corrected chi connectivity index (χ3v) is 8.87. The molecule has 0 spiro atoms. The topological polar surface area (TPSA) is 47.6 Å². The Morgan fingerprint density at radius 1 is 0.757 bits per heavy atom. The summed E-state index contributed by atoms with van der Waals surface area (Å²) in [4.78, 5) is 12.1. The van der Waals surface area contributed by atoms with E-state index >= 15 is 0 Å². The van der Waals surface area contributed by atoms with E-state index in [-0.39, 0.29) is 24.2 Å². The van der Waals surface area contributed by atoms with Crippen molar-refractivity contribution >= 4 is 6.16 Å². The maximum absolute atomic E-state index is 12.1. The highest BCUT2D eigenvalue weighted by Crippen LogP contribution is 2.38. The second-order valence-corrected chi connectivity index (χ2v) is 11.9. The fourth-order valence-electron chi connectivity index (χ4n) is 6.91. The van der Waals surface area contributed by atoms with Crippen molar-refractivity contribution in [2.75, 3.05) is 6.54 Å². The van der Waals surface area contributed by atoms with Crippen LogP contribution >= 0.6 is 0 Å². The van der Waals surface area contributed by atoms with Crippen LogP contribution in [0.3, 0.4) is 0 Å². The molecule has 1 heterocycles. The van der Waals surface area contributed by atoms with E-state index in [2.05, 4.69) is 53.8 Å². The van der Waals surface area contributed by atoms with Crippen LogP contribution in [0.25, 0.3) is 0 Å². The van der Waals surface area contributed by atoms with Crippen LogP contribution in [0.4, 0.5) is 4.79 Å². The fourth-order valence-corrected chi connectivity index (χ4v) is 6.91. The van der Waals surface area contributed by atoms with Crippen molar-refractivity contribution in [2.45, 2.75) is 120 Å². The highest BCUT2D eigenvalue weighted by Gasteiger charge is 2.35. The first-order valence-electron chi connectivity index (χ1n) is 14.9. The van der Waals surface area contributed by atoms with Gasteiger partial charge < -0.3 is 14.8 Å². The van der Waals surface area contributed by atoms with E-state index < -0.39 is 6.16 Å². The standard InChI is InChI=1S/C33H45NO3/c1-23(2)36-33(35)37-30-21-31(34-22-30)32(28-17-13-26(14-18-28)24-9-5-3-6-10-24)29-19-15-27(16-20-29)25-11-7-4-8-12-25/h13-20,23-25,30-32,34H,3-12,21-22H2,1-2H3/t30-,31-/m1/s1. The van der Waals surface area contributed by atoms with Crippen LogP contribution in [-0.4, -0.2) is 30.9 Å². The lowest BCUT2D eigenvalue weighted by Gasteiger charge is -2.27. The van der Waals surface area contributed by atoms with Gasteiger partial charge in [-0.15, -0.1) is 0 Å². The summed E-state index contributed by atoms with van der Waals surface area (Å²) in [5, 5.41) is 3.69. The molecular weight excluding hydrogens is 458 g/mol. The molecule has 0 radical (unpaired) electrons. The van der Waals surface area contributed by atoms with E-state index in [9.17, 15) is 4.79 Å². The Kier molecular flexibility index (Phi) is 8.86. The molecule has 37 heavy (non-hydrogen) atoms. The average molecular weight is 504 g/mol. The lowest BCUT2D eigenvalue weighted by Crippen LogP contribution is -2.29. The van der Waals surface area contributed by atoms with Gasteiger partial charge in [0.25, 0.3) is 0 Å². The monoisotopic (exact) mass is 503 g/mol. The summed E-state index contributed by atoms with van der Waals surface area (Å²) in [6.07, 6.45) is 13.4. The highest BCUT2D eigenvalue weighted by molar-refractivity contribution is 5.60. The van der Waals surface area contributed by atoms with Crippen LogP contribution in [0.5, 0.6) is 0 Å². The lowest BCUT2D eigenvalue weighted by atomic mass is 9.79. The number of carbonyl (C=O) groups excluding carboxylic acids is 1. The summed E-state index contributed by atoms with van der Waals surface area (Å²) in [6, 6.07) is 19.1. The van der Waals surface area contributed by atoms with Crippen molar-refractivity contribution < 1.29 is 14.3 Å². The summed E-state index contributed by atoms with van der Waals surface area (Å²) in [6.45, 7) is 4.36. The Morgan fingerprint density at radius 2 is 1.24 bits per heavy atom. The molecule has 5 rings (SSSR count). The van der Waals surface area contributed by atoms with Gasteiger partial charge in [0.1, 0.15) is 6.10 Å². The van der Waals surface area contributed by atoms with Crippen LogP contribution in [-0.2, 0) is 9.47 Å². The van der Waals surface area contributed by atoms with Gasteiger partial charge in [0.05, 0.1) is 6.10 Å². The number of benzene rings is 2. The molecule has 3 aliphatic rings. The number of nitrogens with one attached hydrogen (secondary N) is 1. The van der Waals surface area contributed by atoms with E-state index in [0.717, 1.165) is 6.42 Å². The van der Waals surface area contributed by atoms with E-state index in [1.165, 1.54) is 86.5 Å². The molecule has 4 heteroatoms. The Morgan fingerprint density at radius 3 is 1.70 bits per heavy atom. The number of hydrogen-bond acceptors (Lipinski definition) is 4. The molecule has 1 aliphatic heterocycles. The minimum absolute atomic E-state index is 0.165. The number of rotatable bonds is 7. The molecule has 4 nitrogen and oxygen atoms in total. The summed E-state index contributed by atoms with van der Waals surface area (Å²) in [7, 11) is 0. The van der Waals surface area contributed by atoms with E-state index in [1.807, 2.05) is 13.8 Å². The first-order valence-corrected chi connectivity index (χ1v) is 14.9. The van der Waals surface area contributed by atoms with E-state index in [4.69, 9.17) is 9.47 Å². The van der Waals surface area contributed by atoms with E-state index in [1.54, 1.807) is 0 Å². The van der Waals surface area contributed by atoms with Crippen LogP contribution in [0.2, 0.25) is 0 Å². The maximum atomic E-state index is 12.1. The first kappa shape index (κ1) is 26.3. The minimum atomic E-state index is -0.562. The molecule has 200 valence electrons. The van der Waals surface area contributed by atoms with Gasteiger partial charge in [0.15, 0.2) is 0 Å². The summed E-state index contributed by atoms with van der Waals surface area (Å²) < 4.78 is 10.9. The van der Waals surface area contributed by atoms with Crippen LogP contribution in [0.1, 0.15) is 124 Å². The van der Waals surface area contributed by atoms with Gasteiger partial charge in [-0.2, -0.15) is 0 Å². The summed E-state index contributed by atoms with van der Waals surface area (Å²) >= 11 is 0. The van der Waals surface area contributed by atoms with Gasteiger partial charge >= 0.3 is 6.16 Å². The molecule has 2 aromatic carbocycles. The smallest absolute Gasteiger partial charge is 0.432 e. The molecule has 0 bridgehead atoms. The van der Waals surface area contributed by atoms with Gasteiger partial charge in [0.2, 0.25) is 0 Å². The predicted molar refractivity (Wildman–Crippen MR) is 149 cm³/mol. The molecule has 0 amide bonds. The average Bonchev–Trinajstić information content (AvgIpc) is 3.37. The quantitative estimate of drug-likeness (QED) is 0.387. The molecule has 2 atom stereocenters. The van der Waals surface area contributed by atoms with Gasteiger partial charge in [-0.1, -0.05) is 87.1 Å². The molecule has 0 aromatic heterocycles. The second kappa shape index (κ2) is 12.5. The van der Waals surface area contributed by atoms with Gasteiger partial charge in [-0.3, -0.25) is 0 Å². The molecule has 3 fully saturated rings. The fraction of sp³-hybridized carbons (Fsp3) is 0.606. The number of carbonyl (C=O) groups is 1. The zero-order valence-corrected chi connectivity index (χ0v) is 22.8. The molecular formula is C33H45NO3. The number of hydrogen-bond donors (Lipinski definition) is 1. The molecule has 2 aromatic rings. The van der Waals surface area contributed by atoms with Crippen LogP contribution in [0, 0.1) is 0 Å². The normalized spacial score (nSPS) is 23.5. The Bertz CT molecular complexity index is 926. The first-order chi connectivity index (χ1) is 18.1. The third kappa shape index (κ3) is 6.76. The summed E-state index contributed by atoms with van der Waals surface area (Å²) in [5.41, 5.74) is 5.67. The zero-order chi connectivity index (χ0) is 25.6. The van der Waals surface area contributed by atoms with Crippen LogP contribution < -0.4 is 5.32 Å². The zero-order valence-electron chi connectivity index (χ0n) is 22.8. The summed E-state index contributed by atoms with van der Waals surface area (Å²) in [5.74, 6) is 1.64. The highest BCUT2D eigenvalue weighted by atomic mass is 16.7. The molecule has 2 aliphatic carbocycles. The van der Waals surface area contributed by atoms with Crippen molar-refractivity contribution in [1.29, 1.82) is 0 Å². The van der Waals surface area contributed by atoms with Gasteiger partial charge in [0, 0.05) is 24.9 Å². The van der Waals surface area contributed by atoms with Gasteiger partial charge in [-0.05, 0) is 73.6 Å². The van der Waals surface area contributed by atoms with Crippen molar-refractivity contribution in [1.82, 2.24) is 5.32 Å². The Balaban J connectivity index is 1.35. The lowest BCUT2D eigenvalue weighted by molar-refractivity contribution is 0.0118. The number of ether oxygens (including phenoxy) is 2. The van der Waals surface area contributed by atoms with E-state index in [0.29, 0.717) is 18.4 Å². The largest absolute Gasteiger partial charge is 0.508 e. The molecule has 1 saturated heterocycles. The minimum Gasteiger partial charge on any atom is -0.432 e. The van der Waals surface area contributed by atoms with Crippen LogP contribution in [0.15, 0.2) is 48.5 Å².